The molecule has 0 aliphatic carbocycles. The van der Waals surface area contributed by atoms with Gasteiger partial charge >= 0.3 is 6.09 Å². The normalized spacial score (nSPS) is 11.7. The standard InChI is InChI=1S/C22H25N5O3S/c1-4-18(23-22(29)30-14-17-11-6-5-7-12-17)19(28)13-27-21(24-25-26-27)31-20-15(2)9-8-10-16(20)3/h5-12,18H,4,13-14H2,1-3H3,(H,23,29). The largest absolute Gasteiger partial charge is 0.445 e. The number of hydrogen-bond donors (Lipinski definition) is 1. The average Bonchev–Trinajstić information content (AvgIpc) is 3.20. The zero-order valence-corrected chi connectivity index (χ0v) is 18.6. The fourth-order valence-electron chi connectivity index (χ4n) is 3.00. The first-order valence-corrected chi connectivity index (χ1v) is 10.8. The summed E-state index contributed by atoms with van der Waals surface area (Å²) in [7, 11) is 0. The van der Waals surface area contributed by atoms with Crippen molar-refractivity contribution in [2.45, 2.75) is 56.4 Å². The van der Waals surface area contributed by atoms with Gasteiger partial charge in [0, 0.05) is 4.90 Å². The summed E-state index contributed by atoms with van der Waals surface area (Å²) in [5.41, 5.74) is 3.10. The molecule has 2 aromatic carbocycles. The Morgan fingerprint density at radius 2 is 1.81 bits per heavy atom. The predicted octanol–water partition coefficient (Wildman–Crippen LogP) is 3.72. The molecule has 9 heteroatoms. The third kappa shape index (κ3) is 6.14. The highest BCUT2D eigenvalue weighted by molar-refractivity contribution is 7.99. The van der Waals surface area contributed by atoms with E-state index in [1.165, 1.54) is 16.4 Å². The predicted molar refractivity (Wildman–Crippen MR) is 117 cm³/mol. The van der Waals surface area contributed by atoms with Crippen LogP contribution in [0.3, 0.4) is 0 Å². The summed E-state index contributed by atoms with van der Waals surface area (Å²) >= 11 is 1.42. The number of carbonyl (C=O) groups excluding carboxylic acids is 2. The van der Waals surface area contributed by atoms with Crippen molar-refractivity contribution in [1.29, 1.82) is 0 Å². The summed E-state index contributed by atoms with van der Waals surface area (Å²) in [5, 5.41) is 14.9. The zero-order chi connectivity index (χ0) is 22.2. The van der Waals surface area contributed by atoms with Gasteiger partial charge in [-0.05, 0) is 59.1 Å². The number of ketones is 1. The number of carbonyl (C=O) groups is 2. The Labute approximate surface area is 185 Å². The summed E-state index contributed by atoms with van der Waals surface area (Å²) in [6, 6.07) is 14.7. The monoisotopic (exact) mass is 439 g/mol. The molecule has 1 unspecified atom stereocenters. The quantitative estimate of drug-likeness (QED) is 0.542. The van der Waals surface area contributed by atoms with E-state index in [-0.39, 0.29) is 18.9 Å². The van der Waals surface area contributed by atoms with Gasteiger partial charge in [0.05, 0.1) is 6.04 Å². The Morgan fingerprint density at radius 3 is 2.48 bits per heavy atom. The first kappa shape index (κ1) is 22.5. The smallest absolute Gasteiger partial charge is 0.408 e. The Kier molecular flexibility index (Phi) is 7.77. The van der Waals surface area contributed by atoms with Crippen molar-refractivity contribution in [1.82, 2.24) is 25.5 Å². The molecule has 1 N–H and O–H groups in total. The summed E-state index contributed by atoms with van der Waals surface area (Å²) in [6.07, 6.45) is -0.202. The first-order valence-electron chi connectivity index (χ1n) is 9.98. The van der Waals surface area contributed by atoms with Crippen LogP contribution >= 0.6 is 11.8 Å². The van der Waals surface area contributed by atoms with Crippen LogP contribution in [0.5, 0.6) is 0 Å². The van der Waals surface area contributed by atoms with Crippen molar-refractivity contribution in [2.24, 2.45) is 0 Å². The van der Waals surface area contributed by atoms with Gasteiger partial charge in [-0.25, -0.2) is 9.48 Å². The van der Waals surface area contributed by atoms with Crippen LogP contribution in [0, 0.1) is 13.8 Å². The minimum Gasteiger partial charge on any atom is -0.445 e. The van der Waals surface area contributed by atoms with Gasteiger partial charge in [-0.1, -0.05) is 55.5 Å². The van der Waals surface area contributed by atoms with Crippen LogP contribution in [-0.2, 0) is 22.7 Å². The molecule has 31 heavy (non-hydrogen) atoms. The van der Waals surface area contributed by atoms with E-state index in [2.05, 4.69) is 20.8 Å². The molecule has 0 fully saturated rings. The summed E-state index contributed by atoms with van der Waals surface area (Å²) in [5.74, 6) is -0.199. The summed E-state index contributed by atoms with van der Waals surface area (Å²) < 4.78 is 6.68. The van der Waals surface area contributed by atoms with E-state index in [9.17, 15) is 9.59 Å². The maximum Gasteiger partial charge on any atom is 0.408 e. The van der Waals surface area contributed by atoms with Crippen LogP contribution in [0.25, 0.3) is 0 Å². The number of aryl methyl sites for hydroxylation is 2. The molecule has 3 rings (SSSR count). The number of nitrogens with zero attached hydrogens (tertiary/aromatic N) is 4. The lowest BCUT2D eigenvalue weighted by Gasteiger charge is -2.16. The van der Waals surface area contributed by atoms with Gasteiger partial charge in [0.2, 0.25) is 5.16 Å². The second-order valence-corrected chi connectivity index (χ2v) is 8.05. The van der Waals surface area contributed by atoms with Gasteiger partial charge in [-0.15, -0.1) is 5.10 Å². The first-order chi connectivity index (χ1) is 15.0. The van der Waals surface area contributed by atoms with Gasteiger partial charge < -0.3 is 10.1 Å². The van der Waals surface area contributed by atoms with Crippen LogP contribution in [0.2, 0.25) is 0 Å². The Morgan fingerprint density at radius 1 is 1.10 bits per heavy atom. The van der Waals surface area contributed by atoms with Crippen LogP contribution < -0.4 is 5.32 Å². The van der Waals surface area contributed by atoms with Crippen LogP contribution in [0.4, 0.5) is 4.79 Å². The van der Waals surface area contributed by atoms with Crippen molar-refractivity contribution in [3.05, 3.63) is 65.2 Å². The molecule has 8 nitrogen and oxygen atoms in total. The maximum absolute atomic E-state index is 12.8. The molecule has 1 amide bonds. The molecule has 3 aromatic rings. The molecule has 1 aromatic heterocycles. The van der Waals surface area contributed by atoms with Crippen molar-refractivity contribution in [2.75, 3.05) is 0 Å². The lowest BCUT2D eigenvalue weighted by Crippen LogP contribution is -2.42. The molecule has 0 saturated heterocycles. The van der Waals surface area contributed by atoms with Crippen molar-refractivity contribution < 1.29 is 14.3 Å². The summed E-state index contributed by atoms with van der Waals surface area (Å²) in [6.45, 7) is 5.96. The van der Waals surface area contributed by atoms with Crippen molar-refractivity contribution in [3.8, 4) is 0 Å². The second kappa shape index (κ2) is 10.7. The minimum absolute atomic E-state index is 0.0439. The SMILES string of the molecule is CCC(NC(=O)OCc1ccccc1)C(=O)Cn1nnnc1Sc1c(C)cccc1C. The Balaban J connectivity index is 1.60. The number of hydrogen-bond acceptors (Lipinski definition) is 7. The van der Waals surface area contributed by atoms with Crippen LogP contribution in [0.15, 0.2) is 58.6 Å². The highest BCUT2D eigenvalue weighted by atomic mass is 32.2. The molecule has 1 heterocycles. The van der Waals surface area contributed by atoms with E-state index in [4.69, 9.17) is 4.74 Å². The lowest BCUT2D eigenvalue weighted by atomic mass is 10.1. The molecule has 0 aliphatic heterocycles. The number of amides is 1. The molecule has 0 saturated carbocycles. The van der Waals surface area contributed by atoms with E-state index >= 15 is 0 Å². The minimum atomic E-state index is -0.689. The van der Waals surface area contributed by atoms with Gasteiger partial charge in [-0.2, -0.15) is 0 Å². The molecule has 1 atom stereocenters. The highest BCUT2D eigenvalue weighted by Gasteiger charge is 2.22. The number of benzene rings is 2. The number of ether oxygens (including phenoxy) is 1. The topological polar surface area (TPSA) is 99.0 Å². The number of alkyl carbamates (subject to hydrolysis) is 1. The van der Waals surface area contributed by atoms with Crippen molar-refractivity contribution in [3.63, 3.8) is 0 Å². The van der Waals surface area contributed by atoms with Gasteiger partial charge in [0.1, 0.15) is 13.2 Å². The summed E-state index contributed by atoms with van der Waals surface area (Å²) in [4.78, 5) is 26.0. The molecular formula is C22H25N5O3S. The number of nitrogens with one attached hydrogen (secondary N) is 1. The molecule has 0 radical (unpaired) electrons. The van der Waals surface area contributed by atoms with Crippen LogP contribution in [-0.4, -0.2) is 38.1 Å². The molecular weight excluding hydrogens is 414 g/mol. The van der Waals surface area contributed by atoms with E-state index in [1.54, 1.807) is 0 Å². The number of aromatic nitrogens is 4. The van der Waals surface area contributed by atoms with Gasteiger partial charge in [0.25, 0.3) is 0 Å². The maximum atomic E-state index is 12.8. The van der Waals surface area contributed by atoms with Gasteiger partial charge in [-0.3, -0.25) is 4.79 Å². The fraction of sp³-hybridized carbons (Fsp3) is 0.318. The van der Waals surface area contributed by atoms with Crippen LogP contribution in [0.1, 0.15) is 30.0 Å². The van der Waals surface area contributed by atoms with E-state index < -0.39 is 12.1 Å². The lowest BCUT2D eigenvalue weighted by molar-refractivity contribution is -0.122. The highest BCUT2D eigenvalue weighted by Crippen LogP contribution is 2.31. The third-order valence-corrected chi connectivity index (χ3v) is 6.03. The van der Waals surface area contributed by atoms with Crippen molar-refractivity contribution >= 4 is 23.6 Å². The number of Topliss-reactive ketones (excluding diaryl/α,β-unsaturated/α-hetero) is 1. The number of tetrazole rings is 1. The fourth-order valence-corrected chi connectivity index (χ4v) is 3.92. The zero-order valence-electron chi connectivity index (χ0n) is 17.7. The molecule has 0 spiro atoms. The van der Waals surface area contributed by atoms with E-state index in [0.717, 1.165) is 21.6 Å². The Hall–Kier alpha value is -3.20. The van der Waals surface area contributed by atoms with E-state index in [0.29, 0.717) is 11.6 Å². The van der Waals surface area contributed by atoms with E-state index in [1.807, 2.05) is 69.3 Å². The molecule has 0 bridgehead atoms. The number of rotatable bonds is 9. The molecule has 0 aliphatic rings. The molecule has 162 valence electrons. The average molecular weight is 440 g/mol. The second-order valence-electron chi connectivity index (χ2n) is 7.08. The third-order valence-electron chi connectivity index (χ3n) is 4.71. The Bertz CT molecular complexity index is 1020. The van der Waals surface area contributed by atoms with Gasteiger partial charge in [0.15, 0.2) is 5.78 Å².